The van der Waals surface area contributed by atoms with Gasteiger partial charge in [0.1, 0.15) is 0 Å². The van der Waals surface area contributed by atoms with Crippen LogP contribution in [0.1, 0.15) is 21.8 Å². The first-order chi connectivity index (χ1) is 10.8. The summed E-state index contributed by atoms with van der Waals surface area (Å²) < 4.78 is 0. The number of hydrogen-bond donors (Lipinski definition) is 0. The third kappa shape index (κ3) is 2.69. The molecule has 0 aliphatic carbocycles. The van der Waals surface area contributed by atoms with Crippen LogP contribution in [-0.2, 0) is 19.5 Å². The minimum absolute atomic E-state index is 0.862. The largest absolute Gasteiger partial charge is 0.293 e. The van der Waals surface area contributed by atoms with Crippen molar-refractivity contribution in [1.82, 2.24) is 19.9 Å². The number of aryl methyl sites for hydroxylation is 1. The van der Waals surface area contributed by atoms with Gasteiger partial charge in [-0.05, 0) is 18.4 Å². The molecule has 112 valence electrons. The van der Waals surface area contributed by atoms with Crippen LogP contribution in [0.4, 0.5) is 0 Å². The predicted molar refractivity (Wildman–Crippen MR) is 90.0 cm³/mol. The minimum atomic E-state index is 0.862. The lowest BCUT2D eigenvalue weighted by atomic mass is 10.1. The maximum Gasteiger partial charge on any atom is 0.169 e. The van der Waals surface area contributed by atoms with E-state index < -0.39 is 0 Å². The molecule has 0 N–H and O–H groups in total. The molecule has 0 aromatic carbocycles. The summed E-state index contributed by atoms with van der Waals surface area (Å²) in [5, 5.41) is 2.07. The highest BCUT2D eigenvalue weighted by atomic mass is 32.1. The molecule has 1 aliphatic rings. The van der Waals surface area contributed by atoms with Crippen LogP contribution in [0.5, 0.6) is 0 Å². The van der Waals surface area contributed by atoms with Crippen LogP contribution in [0, 0.1) is 6.92 Å². The van der Waals surface area contributed by atoms with E-state index in [0.717, 1.165) is 42.5 Å². The molecule has 0 saturated carbocycles. The number of hydrogen-bond acceptors (Lipinski definition) is 6. The Hall–Kier alpha value is -1.63. The van der Waals surface area contributed by atoms with Crippen LogP contribution in [0.3, 0.4) is 0 Å². The van der Waals surface area contributed by atoms with Gasteiger partial charge in [0.25, 0.3) is 0 Å². The van der Waals surface area contributed by atoms with Crippen LogP contribution < -0.4 is 0 Å². The number of fused-ring (bicyclic) bond motifs is 1. The average molecular weight is 328 g/mol. The molecular weight excluding hydrogens is 312 g/mol. The normalized spacial score (nSPS) is 15.0. The quantitative estimate of drug-likeness (QED) is 0.737. The Morgan fingerprint density at radius 2 is 2.23 bits per heavy atom. The van der Waals surface area contributed by atoms with Crippen LogP contribution in [-0.4, -0.2) is 26.4 Å². The zero-order valence-electron chi connectivity index (χ0n) is 12.3. The Kier molecular flexibility index (Phi) is 3.73. The van der Waals surface area contributed by atoms with E-state index in [-0.39, 0.29) is 0 Å². The second-order valence-electron chi connectivity index (χ2n) is 5.46. The topological polar surface area (TPSA) is 41.9 Å². The summed E-state index contributed by atoms with van der Waals surface area (Å²) >= 11 is 3.43. The van der Waals surface area contributed by atoms with Gasteiger partial charge in [0.05, 0.1) is 21.8 Å². The van der Waals surface area contributed by atoms with E-state index in [4.69, 9.17) is 4.98 Å². The highest BCUT2D eigenvalue weighted by Crippen LogP contribution is 2.25. The van der Waals surface area contributed by atoms with Crippen molar-refractivity contribution in [1.29, 1.82) is 0 Å². The van der Waals surface area contributed by atoms with Crippen LogP contribution in [0.25, 0.3) is 10.7 Å². The third-order valence-electron chi connectivity index (χ3n) is 3.97. The third-order valence-corrected chi connectivity index (χ3v) is 5.75. The van der Waals surface area contributed by atoms with Gasteiger partial charge in [0, 0.05) is 42.7 Å². The lowest BCUT2D eigenvalue weighted by molar-refractivity contribution is 0.244. The fraction of sp³-hybridized carbons (Fsp3) is 0.312. The van der Waals surface area contributed by atoms with E-state index in [9.17, 15) is 0 Å². The van der Waals surface area contributed by atoms with E-state index in [1.807, 2.05) is 17.8 Å². The molecule has 3 aromatic rings. The Morgan fingerprint density at radius 3 is 3.00 bits per heavy atom. The summed E-state index contributed by atoms with van der Waals surface area (Å²) in [5.74, 6) is 0.862. The monoisotopic (exact) mass is 328 g/mol. The summed E-state index contributed by atoms with van der Waals surface area (Å²) in [7, 11) is 0. The van der Waals surface area contributed by atoms with Crippen molar-refractivity contribution in [2.45, 2.75) is 26.4 Å². The summed E-state index contributed by atoms with van der Waals surface area (Å²) in [5.41, 5.74) is 5.54. The van der Waals surface area contributed by atoms with Gasteiger partial charge in [0.2, 0.25) is 0 Å². The highest BCUT2D eigenvalue weighted by molar-refractivity contribution is 7.13. The molecule has 0 fully saturated rings. The summed E-state index contributed by atoms with van der Waals surface area (Å²) in [6, 6.07) is 4.12. The standard InChI is InChI=1S/C16H16N4S2/c1-11-15(22-10-18-11)9-20-5-4-13-12(8-20)7-17-16(19-13)14-3-2-6-21-14/h2-3,6-7,10H,4-5,8-9H2,1H3. The van der Waals surface area contributed by atoms with Gasteiger partial charge >= 0.3 is 0 Å². The number of thiazole rings is 1. The summed E-state index contributed by atoms with van der Waals surface area (Å²) in [4.78, 5) is 18.6. The Bertz CT molecular complexity index is 779. The zero-order valence-corrected chi connectivity index (χ0v) is 14.0. The van der Waals surface area contributed by atoms with Crippen LogP contribution in [0.2, 0.25) is 0 Å². The molecule has 6 heteroatoms. The summed E-state index contributed by atoms with van der Waals surface area (Å²) in [6.45, 7) is 5.03. The minimum Gasteiger partial charge on any atom is -0.293 e. The number of nitrogens with zero attached hydrogens (tertiary/aromatic N) is 4. The second kappa shape index (κ2) is 5.87. The van der Waals surface area contributed by atoms with E-state index in [2.05, 4.69) is 33.2 Å². The smallest absolute Gasteiger partial charge is 0.169 e. The Balaban J connectivity index is 1.53. The van der Waals surface area contributed by atoms with E-state index in [1.54, 1.807) is 22.7 Å². The van der Waals surface area contributed by atoms with Gasteiger partial charge in [-0.15, -0.1) is 22.7 Å². The first kappa shape index (κ1) is 14.0. The van der Waals surface area contributed by atoms with Crippen molar-refractivity contribution in [3.8, 4) is 10.7 Å². The van der Waals surface area contributed by atoms with Gasteiger partial charge in [-0.2, -0.15) is 0 Å². The molecule has 4 nitrogen and oxygen atoms in total. The predicted octanol–water partition coefficient (Wildman–Crippen LogP) is 3.53. The van der Waals surface area contributed by atoms with Crippen molar-refractivity contribution < 1.29 is 0 Å². The number of rotatable bonds is 3. The van der Waals surface area contributed by atoms with Crippen molar-refractivity contribution in [2.24, 2.45) is 0 Å². The molecule has 4 rings (SSSR count). The Morgan fingerprint density at radius 1 is 1.27 bits per heavy atom. The SMILES string of the molecule is Cc1ncsc1CN1CCc2nc(-c3cccs3)ncc2C1. The molecule has 0 radical (unpaired) electrons. The Labute approximate surface area is 137 Å². The first-order valence-electron chi connectivity index (χ1n) is 7.29. The molecular formula is C16H16N4S2. The van der Waals surface area contributed by atoms with E-state index >= 15 is 0 Å². The van der Waals surface area contributed by atoms with Crippen LogP contribution in [0.15, 0.2) is 29.2 Å². The molecule has 3 aromatic heterocycles. The highest BCUT2D eigenvalue weighted by Gasteiger charge is 2.20. The van der Waals surface area contributed by atoms with E-state index in [1.165, 1.54) is 16.1 Å². The van der Waals surface area contributed by atoms with Gasteiger partial charge in [-0.3, -0.25) is 4.90 Å². The lowest BCUT2D eigenvalue weighted by Crippen LogP contribution is -2.30. The van der Waals surface area contributed by atoms with Crippen LogP contribution >= 0.6 is 22.7 Å². The van der Waals surface area contributed by atoms with Gasteiger partial charge < -0.3 is 0 Å². The zero-order chi connectivity index (χ0) is 14.9. The molecule has 0 atom stereocenters. The maximum absolute atomic E-state index is 4.77. The molecule has 0 unspecified atom stereocenters. The molecule has 1 aliphatic heterocycles. The van der Waals surface area contributed by atoms with Crippen molar-refractivity contribution in [2.75, 3.05) is 6.54 Å². The van der Waals surface area contributed by atoms with Gasteiger partial charge in [-0.1, -0.05) is 6.07 Å². The van der Waals surface area contributed by atoms with E-state index in [0.29, 0.717) is 0 Å². The molecule has 22 heavy (non-hydrogen) atoms. The molecule has 0 bridgehead atoms. The first-order valence-corrected chi connectivity index (χ1v) is 9.05. The van der Waals surface area contributed by atoms with Crippen molar-refractivity contribution >= 4 is 22.7 Å². The van der Waals surface area contributed by atoms with Crippen molar-refractivity contribution in [3.63, 3.8) is 0 Å². The molecule has 0 spiro atoms. The van der Waals surface area contributed by atoms with Crippen molar-refractivity contribution in [3.05, 3.63) is 51.0 Å². The molecule has 0 amide bonds. The number of thiophene rings is 1. The second-order valence-corrected chi connectivity index (χ2v) is 7.35. The maximum atomic E-state index is 4.77. The fourth-order valence-electron chi connectivity index (χ4n) is 2.72. The average Bonchev–Trinajstić information content (AvgIpc) is 3.19. The summed E-state index contributed by atoms with van der Waals surface area (Å²) in [6.07, 6.45) is 3.00. The molecule has 0 saturated heterocycles. The van der Waals surface area contributed by atoms with Gasteiger partial charge in [0.15, 0.2) is 5.82 Å². The molecule has 4 heterocycles. The fourth-order valence-corrected chi connectivity index (χ4v) is 4.20. The number of aromatic nitrogens is 3. The van der Waals surface area contributed by atoms with Gasteiger partial charge in [-0.25, -0.2) is 15.0 Å². The lowest BCUT2D eigenvalue weighted by Gasteiger charge is -2.27.